The molecule has 2 N–H and O–H groups in total. The summed E-state index contributed by atoms with van der Waals surface area (Å²) in [4.78, 5) is 23.4. The fraction of sp³-hybridized carbons (Fsp3) is 0.364. The Morgan fingerprint density at radius 3 is 2.78 bits per heavy atom. The van der Waals surface area contributed by atoms with Gasteiger partial charge in [-0.2, -0.15) is 10.1 Å². The first-order valence-electron chi connectivity index (χ1n) is 10.3. The zero-order valence-electron chi connectivity index (χ0n) is 18.4. The Morgan fingerprint density at radius 1 is 1.25 bits per heavy atom. The van der Waals surface area contributed by atoms with E-state index in [1.54, 1.807) is 17.1 Å². The zero-order valence-corrected chi connectivity index (χ0v) is 18.4. The number of aryl methyl sites for hydroxylation is 1. The van der Waals surface area contributed by atoms with Crippen LogP contribution in [0.1, 0.15) is 30.7 Å². The van der Waals surface area contributed by atoms with Gasteiger partial charge in [0, 0.05) is 30.9 Å². The van der Waals surface area contributed by atoms with Gasteiger partial charge in [0.25, 0.3) is 0 Å². The Bertz CT molecular complexity index is 1160. The van der Waals surface area contributed by atoms with Gasteiger partial charge in [0.1, 0.15) is 11.7 Å². The molecule has 2 aromatic heterocycles. The Hall–Kier alpha value is -3.56. The fourth-order valence-corrected chi connectivity index (χ4v) is 3.90. The third kappa shape index (κ3) is 4.12. The van der Waals surface area contributed by atoms with Gasteiger partial charge in [0.15, 0.2) is 17.5 Å². The smallest absolute Gasteiger partial charge is 0.247 e. The zero-order chi connectivity index (χ0) is 23.0. The maximum absolute atomic E-state index is 13.9. The van der Waals surface area contributed by atoms with Gasteiger partial charge in [0.2, 0.25) is 11.9 Å². The second kappa shape index (κ2) is 8.52. The van der Waals surface area contributed by atoms with Crippen molar-refractivity contribution in [3.8, 4) is 0 Å². The van der Waals surface area contributed by atoms with Crippen molar-refractivity contribution in [1.82, 2.24) is 19.7 Å². The molecule has 0 saturated heterocycles. The van der Waals surface area contributed by atoms with Crippen LogP contribution < -0.4 is 15.5 Å². The molecule has 168 valence electrons. The van der Waals surface area contributed by atoms with E-state index in [4.69, 9.17) is 0 Å². The van der Waals surface area contributed by atoms with Gasteiger partial charge in [-0.05, 0) is 18.9 Å². The van der Waals surface area contributed by atoms with Crippen molar-refractivity contribution in [3.05, 3.63) is 59.0 Å². The number of carbonyl (C=O) groups excluding carboxylic acids is 1. The average molecular weight is 441 g/mol. The van der Waals surface area contributed by atoms with Crippen molar-refractivity contribution in [3.63, 3.8) is 0 Å². The van der Waals surface area contributed by atoms with Gasteiger partial charge in [-0.1, -0.05) is 26.0 Å². The van der Waals surface area contributed by atoms with Gasteiger partial charge in [-0.25, -0.2) is 13.8 Å². The molecule has 4 rings (SSSR count). The van der Waals surface area contributed by atoms with Crippen molar-refractivity contribution < 1.29 is 13.6 Å². The maximum atomic E-state index is 13.9. The lowest BCUT2D eigenvalue weighted by molar-refractivity contribution is -0.118. The summed E-state index contributed by atoms with van der Waals surface area (Å²) in [6, 6.07) is 3.77. The molecule has 1 aromatic carbocycles. The van der Waals surface area contributed by atoms with Crippen LogP contribution in [0.2, 0.25) is 0 Å². The molecule has 0 aliphatic carbocycles. The number of hydrogen-bond donors (Lipinski definition) is 2. The van der Waals surface area contributed by atoms with E-state index in [1.165, 1.54) is 12.1 Å². The monoisotopic (exact) mass is 441 g/mol. The van der Waals surface area contributed by atoms with Gasteiger partial charge < -0.3 is 15.5 Å². The van der Waals surface area contributed by atoms with Gasteiger partial charge in [-0.3, -0.25) is 9.48 Å². The van der Waals surface area contributed by atoms with Crippen LogP contribution >= 0.6 is 0 Å². The number of nitrogens with one attached hydrogen (secondary N) is 2. The number of benzene rings is 1. The van der Waals surface area contributed by atoms with Crippen LogP contribution in [0.4, 0.5) is 26.2 Å². The van der Waals surface area contributed by atoms with Crippen molar-refractivity contribution in [2.45, 2.75) is 39.9 Å². The number of nitrogens with zero attached hydrogens (tertiary/aromatic N) is 5. The van der Waals surface area contributed by atoms with Crippen molar-refractivity contribution in [1.29, 1.82) is 0 Å². The topological polar surface area (TPSA) is 88.0 Å². The summed E-state index contributed by atoms with van der Waals surface area (Å²) < 4.78 is 28.9. The minimum absolute atomic E-state index is 0.0652. The summed E-state index contributed by atoms with van der Waals surface area (Å²) in [5.74, 6) is -0.599. The molecule has 32 heavy (non-hydrogen) atoms. The van der Waals surface area contributed by atoms with Crippen molar-refractivity contribution in [2.75, 3.05) is 22.6 Å². The summed E-state index contributed by atoms with van der Waals surface area (Å²) in [6.45, 7) is 6.33. The molecule has 10 heteroatoms. The Balaban J connectivity index is 1.48. The molecule has 0 bridgehead atoms. The van der Waals surface area contributed by atoms with E-state index in [1.807, 2.05) is 32.7 Å². The minimum Gasteiger partial charge on any atom is -0.350 e. The summed E-state index contributed by atoms with van der Waals surface area (Å²) in [5.41, 5.74) is 2.34. The Kier molecular flexibility index (Phi) is 5.77. The standard InChI is InChI=1S/C22H25F2N7O/c1-12(2)19-21(32)28-18-13(3)27-22(29-20(18)30(19)4)25-8-14-9-26-31(10-14)11-15-6-5-7-16(23)17(15)24/h5-7,9-10,12,19H,8,11H2,1-4H3,(H,28,32)(H,25,27,29). The van der Waals surface area contributed by atoms with E-state index in [0.29, 0.717) is 29.7 Å². The molecule has 1 amide bonds. The van der Waals surface area contributed by atoms with Crippen LogP contribution in [0.3, 0.4) is 0 Å². The van der Waals surface area contributed by atoms with Crippen LogP contribution in [0.5, 0.6) is 0 Å². The molecular weight excluding hydrogens is 416 g/mol. The lowest BCUT2D eigenvalue weighted by Gasteiger charge is -2.36. The van der Waals surface area contributed by atoms with Gasteiger partial charge in [0.05, 0.1) is 18.4 Å². The van der Waals surface area contributed by atoms with Crippen LogP contribution in [0, 0.1) is 24.5 Å². The predicted octanol–water partition coefficient (Wildman–Crippen LogP) is 3.33. The fourth-order valence-electron chi connectivity index (χ4n) is 3.90. The minimum atomic E-state index is -0.877. The first kappa shape index (κ1) is 21.7. The van der Waals surface area contributed by atoms with Crippen molar-refractivity contribution in [2.24, 2.45) is 5.92 Å². The molecule has 1 aliphatic heterocycles. The first-order chi connectivity index (χ1) is 15.2. The summed E-state index contributed by atoms with van der Waals surface area (Å²) in [7, 11) is 1.86. The van der Waals surface area contributed by atoms with Crippen LogP contribution in [-0.2, 0) is 17.9 Å². The number of likely N-dealkylation sites (N-methyl/N-ethyl adjacent to an activating group) is 1. The number of hydrogen-bond acceptors (Lipinski definition) is 6. The van der Waals surface area contributed by atoms with Gasteiger partial charge in [-0.15, -0.1) is 0 Å². The Labute approximate surface area is 184 Å². The third-order valence-electron chi connectivity index (χ3n) is 5.47. The molecule has 0 saturated carbocycles. The highest BCUT2D eigenvalue weighted by Crippen LogP contribution is 2.34. The molecule has 1 atom stereocenters. The number of rotatable bonds is 6. The van der Waals surface area contributed by atoms with E-state index in [-0.39, 0.29) is 30.0 Å². The number of halogens is 2. The van der Waals surface area contributed by atoms with Crippen LogP contribution in [-0.4, -0.2) is 38.7 Å². The molecule has 0 fully saturated rings. The quantitative estimate of drug-likeness (QED) is 0.610. The number of fused-ring (bicyclic) bond motifs is 1. The second-order valence-electron chi connectivity index (χ2n) is 8.23. The van der Waals surface area contributed by atoms with Crippen molar-refractivity contribution >= 4 is 23.4 Å². The van der Waals surface area contributed by atoms with E-state index in [0.717, 1.165) is 11.6 Å². The average Bonchev–Trinajstić information content (AvgIpc) is 3.18. The molecule has 1 aliphatic rings. The molecule has 3 aromatic rings. The molecule has 3 heterocycles. The van der Waals surface area contributed by atoms with E-state index >= 15 is 0 Å². The highest BCUT2D eigenvalue weighted by atomic mass is 19.2. The highest BCUT2D eigenvalue weighted by Gasteiger charge is 2.35. The first-order valence-corrected chi connectivity index (χ1v) is 10.3. The lowest BCUT2D eigenvalue weighted by atomic mass is 9.99. The SMILES string of the molecule is Cc1nc(NCc2cnn(Cc3cccc(F)c3F)c2)nc2c1NC(=O)C(C(C)C)N2C. The van der Waals surface area contributed by atoms with E-state index < -0.39 is 11.6 Å². The number of anilines is 3. The lowest BCUT2D eigenvalue weighted by Crippen LogP contribution is -2.49. The summed E-state index contributed by atoms with van der Waals surface area (Å²) in [6.07, 6.45) is 3.40. The predicted molar refractivity (Wildman–Crippen MR) is 117 cm³/mol. The maximum Gasteiger partial charge on any atom is 0.247 e. The summed E-state index contributed by atoms with van der Waals surface area (Å²) >= 11 is 0. The Morgan fingerprint density at radius 2 is 2.03 bits per heavy atom. The van der Waals surface area contributed by atoms with E-state index in [2.05, 4.69) is 25.7 Å². The largest absolute Gasteiger partial charge is 0.350 e. The molecule has 0 radical (unpaired) electrons. The molecular formula is C22H25F2N7O. The molecule has 0 spiro atoms. The highest BCUT2D eigenvalue weighted by molar-refractivity contribution is 6.03. The number of amides is 1. The number of carbonyl (C=O) groups is 1. The number of aromatic nitrogens is 4. The molecule has 8 nitrogen and oxygen atoms in total. The van der Waals surface area contributed by atoms with Crippen LogP contribution in [0.25, 0.3) is 0 Å². The van der Waals surface area contributed by atoms with Gasteiger partial charge >= 0.3 is 0 Å². The van der Waals surface area contributed by atoms with E-state index in [9.17, 15) is 13.6 Å². The third-order valence-corrected chi connectivity index (χ3v) is 5.47. The summed E-state index contributed by atoms with van der Waals surface area (Å²) in [5, 5.41) is 10.3. The molecule has 1 unspecified atom stereocenters. The second-order valence-corrected chi connectivity index (χ2v) is 8.23. The van der Waals surface area contributed by atoms with Crippen LogP contribution in [0.15, 0.2) is 30.6 Å². The normalized spacial score (nSPS) is 15.7.